The van der Waals surface area contributed by atoms with Crippen LogP contribution < -0.4 is 16.6 Å². The van der Waals surface area contributed by atoms with Gasteiger partial charge in [-0.15, -0.1) is 0 Å². The number of imidazole rings is 1. The summed E-state index contributed by atoms with van der Waals surface area (Å²) in [5, 5.41) is 32.1. The molecule has 0 spiro atoms. The normalized spacial score (nSPS) is 12.5. The number of aliphatic hydroxyl groups is 1. The second kappa shape index (κ2) is 7.87. The van der Waals surface area contributed by atoms with Crippen LogP contribution in [0.5, 0.6) is 11.5 Å². The van der Waals surface area contributed by atoms with Gasteiger partial charge in [0.2, 0.25) is 0 Å². The lowest BCUT2D eigenvalue weighted by Gasteiger charge is -2.13. The highest BCUT2D eigenvalue weighted by Gasteiger charge is 2.14. The third-order valence-electron chi connectivity index (χ3n) is 4.73. The zero-order valence-electron chi connectivity index (χ0n) is 15.7. The van der Waals surface area contributed by atoms with Crippen LogP contribution in [0.15, 0.2) is 34.1 Å². The van der Waals surface area contributed by atoms with E-state index < -0.39 is 17.4 Å². The molecule has 0 bridgehead atoms. The number of aromatic nitrogens is 4. The minimum Gasteiger partial charge on any atom is -0.504 e. The predicted molar refractivity (Wildman–Crippen MR) is 102 cm³/mol. The molecule has 1 atom stereocenters. The van der Waals surface area contributed by atoms with Gasteiger partial charge in [0.15, 0.2) is 22.7 Å². The molecule has 0 saturated heterocycles. The van der Waals surface area contributed by atoms with E-state index >= 15 is 0 Å². The molecule has 0 aliphatic rings. The number of hydrogen-bond donors (Lipinski definition) is 4. The van der Waals surface area contributed by atoms with E-state index in [1.54, 1.807) is 17.7 Å². The molecule has 0 radical (unpaired) electrons. The molecule has 3 aromatic rings. The molecule has 0 amide bonds. The number of aliphatic hydroxyl groups excluding tert-OH is 1. The topological polar surface area (TPSA) is 135 Å². The first-order chi connectivity index (χ1) is 13.3. The number of phenolic OH excluding ortho intramolecular Hbond substituents is 2. The fourth-order valence-electron chi connectivity index (χ4n) is 3.04. The molecule has 3 rings (SSSR count). The Bertz CT molecular complexity index is 1110. The van der Waals surface area contributed by atoms with Crippen LogP contribution in [0.25, 0.3) is 11.2 Å². The van der Waals surface area contributed by atoms with Crippen molar-refractivity contribution >= 4 is 11.2 Å². The van der Waals surface area contributed by atoms with Crippen LogP contribution in [0.3, 0.4) is 0 Å². The number of nitrogens with zero attached hydrogens (tertiary/aromatic N) is 4. The van der Waals surface area contributed by atoms with E-state index in [-0.39, 0.29) is 11.5 Å². The summed E-state index contributed by atoms with van der Waals surface area (Å²) in [4.78, 5) is 28.5. The number of aryl methyl sites for hydroxylation is 1. The third kappa shape index (κ3) is 3.64. The van der Waals surface area contributed by atoms with Crippen LogP contribution in [0.2, 0.25) is 0 Å². The molecule has 10 nitrogen and oxygen atoms in total. The summed E-state index contributed by atoms with van der Waals surface area (Å²) in [6, 6.07) is 4.22. The third-order valence-corrected chi connectivity index (χ3v) is 4.73. The number of fused-ring (bicyclic) bond motifs is 1. The molecule has 1 unspecified atom stereocenters. The molecule has 10 heteroatoms. The summed E-state index contributed by atoms with van der Waals surface area (Å²) in [6.07, 6.45) is 1.15. The van der Waals surface area contributed by atoms with E-state index in [2.05, 4.69) is 10.3 Å². The number of nitrogens with one attached hydrogen (secondary N) is 1. The summed E-state index contributed by atoms with van der Waals surface area (Å²) < 4.78 is 4.08. The number of hydrogen-bond acceptors (Lipinski definition) is 7. The molecule has 0 saturated carbocycles. The predicted octanol–water partition coefficient (Wildman–Crippen LogP) is -0.442. The Morgan fingerprint density at radius 3 is 2.57 bits per heavy atom. The van der Waals surface area contributed by atoms with E-state index in [0.29, 0.717) is 42.8 Å². The van der Waals surface area contributed by atoms with Crippen molar-refractivity contribution in [2.75, 3.05) is 13.1 Å². The Balaban J connectivity index is 1.58. The smallest absolute Gasteiger partial charge is 0.332 e. The lowest BCUT2D eigenvalue weighted by atomic mass is 10.1. The van der Waals surface area contributed by atoms with Gasteiger partial charge in [-0.05, 0) is 30.7 Å². The molecule has 0 aliphatic heterocycles. The van der Waals surface area contributed by atoms with Crippen molar-refractivity contribution < 1.29 is 15.3 Å². The van der Waals surface area contributed by atoms with E-state index in [4.69, 9.17) is 0 Å². The zero-order chi connectivity index (χ0) is 20.4. The maximum Gasteiger partial charge on any atom is 0.332 e. The lowest BCUT2D eigenvalue weighted by molar-refractivity contribution is 0.166. The fraction of sp³-hybridized carbons (Fsp3) is 0.389. The number of benzene rings is 1. The van der Waals surface area contributed by atoms with E-state index in [9.17, 15) is 24.9 Å². The quantitative estimate of drug-likeness (QED) is 0.318. The van der Waals surface area contributed by atoms with E-state index in [1.165, 1.54) is 30.1 Å². The van der Waals surface area contributed by atoms with Crippen LogP contribution in [-0.4, -0.2) is 47.1 Å². The van der Waals surface area contributed by atoms with E-state index in [1.807, 2.05) is 0 Å². The molecule has 0 fully saturated rings. The summed E-state index contributed by atoms with van der Waals surface area (Å²) in [5.41, 5.74) is 0.414. The van der Waals surface area contributed by atoms with Crippen molar-refractivity contribution in [1.29, 1.82) is 0 Å². The van der Waals surface area contributed by atoms with Gasteiger partial charge in [-0.25, -0.2) is 9.78 Å². The van der Waals surface area contributed by atoms with Crippen LogP contribution in [0.1, 0.15) is 18.1 Å². The van der Waals surface area contributed by atoms with Gasteiger partial charge in [-0.3, -0.25) is 13.9 Å². The van der Waals surface area contributed by atoms with Gasteiger partial charge in [0, 0.05) is 27.2 Å². The standard InChI is InChI=1S/C18H23N5O5/c1-21-16-15(17(27)22(2)18(21)28)23(10-20-16)8-7-19-6-5-12(24)11-3-4-13(25)14(26)9-11/h3-4,9-10,12,19,24-26H,5-8H2,1-2H3. The van der Waals surface area contributed by atoms with Crippen molar-refractivity contribution in [2.24, 2.45) is 14.1 Å². The Labute approximate surface area is 159 Å². The summed E-state index contributed by atoms with van der Waals surface area (Å²) in [6.45, 7) is 1.51. The largest absolute Gasteiger partial charge is 0.504 e. The molecule has 1 aromatic carbocycles. The molecule has 2 aromatic heterocycles. The van der Waals surface area contributed by atoms with Gasteiger partial charge in [-0.2, -0.15) is 0 Å². The molecular weight excluding hydrogens is 366 g/mol. The summed E-state index contributed by atoms with van der Waals surface area (Å²) in [5.74, 6) is -0.502. The SMILES string of the molecule is Cn1c(=O)c2c(ncn2CCNCCC(O)c2ccc(O)c(O)c2)n(C)c1=O. The van der Waals surface area contributed by atoms with Gasteiger partial charge < -0.3 is 25.2 Å². The van der Waals surface area contributed by atoms with Crippen molar-refractivity contribution in [3.63, 3.8) is 0 Å². The first-order valence-electron chi connectivity index (χ1n) is 8.82. The van der Waals surface area contributed by atoms with Crippen LogP contribution >= 0.6 is 0 Å². The number of aromatic hydroxyl groups is 2. The molecule has 0 aliphatic carbocycles. The van der Waals surface area contributed by atoms with Crippen LogP contribution in [0.4, 0.5) is 0 Å². The molecular formula is C18H23N5O5. The zero-order valence-corrected chi connectivity index (χ0v) is 15.7. The average Bonchev–Trinajstić information content (AvgIpc) is 3.10. The number of rotatable bonds is 7. The summed E-state index contributed by atoms with van der Waals surface area (Å²) >= 11 is 0. The minimum atomic E-state index is -0.783. The molecule has 150 valence electrons. The van der Waals surface area contributed by atoms with Gasteiger partial charge in [0.05, 0.1) is 12.4 Å². The van der Waals surface area contributed by atoms with Gasteiger partial charge >= 0.3 is 5.69 Å². The van der Waals surface area contributed by atoms with Gasteiger partial charge in [0.25, 0.3) is 5.56 Å². The monoisotopic (exact) mass is 389 g/mol. The lowest BCUT2D eigenvalue weighted by Crippen LogP contribution is -2.37. The fourth-order valence-corrected chi connectivity index (χ4v) is 3.04. The maximum absolute atomic E-state index is 12.4. The van der Waals surface area contributed by atoms with Crippen molar-refractivity contribution in [1.82, 2.24) is 24.0 Å². The van der Waals surface area contributed by atoms with Crippen LogP contribution in [-0.2, 0) is 20.6 Å². The Kier molecular flexibility index (Phi) is 5.52. The first kappa shape index (κ1) is 19.6. The molecule has 28 heavy (non-hydrogen) atoms. The van der Waals surface area contributed by atoms with E-state index in [0.717, 1.165) is 4.57 Å². The van der Waals surface area contributed by atoms with Crippen LogP contribution in [0, 0.1) is 0 Å². The second-order valence-corrected chi connectivity index (χ2v) is 6.62. The Morgan fingerprint density at radius 1 is 1.11 bits per heavy atom. The average molecular weight is 389 g/mol. The first-order valence-corrected chi connectivity index (χ1v) is 8.82. The Morgan fingerprint density at radius 2 is 1.86 bits per heavy atom. The summed E-state index contributed by atoms with van der Waals surface area (Å²) in [7, 11) is 3.00. The molecule has 4 N–H and O–H groups in total. The van der Waals surface area contributed by atoms with Crippen molar-refractivity contribution in [3.05, 3.63) is 50.9 Å². The molecule has 2 heterocycles. The second-order valence-electron chi connectivity index (χ2n) is 6.62. The van der Waals surface area contributed by atoms with Gasteiger partial charge in [-0.1, -0.05) is 6.07 Å². The highest BCUT2D eigenvalue weighted by molar-refractivity contribution is 5.69. The van der Waals surface area contributed by atoms with Gasteiger partial charge in [0.1, 0.15) is 0 Å². The Hall–Kier alpha value is -3.11. The maximum atomic E-state index is 12.4. The highest BCUT2D eigenvalue weighted by atomic mass is 16.3. The highest BCUT2D eigenvalue weighted by Crippen LogP contribution is 2.28. The minimum absolute atomic E-state index is 0.231. The number of phenols is 2. The van der Waals surface area contributed by atoms with Crippen molar-refractivity contribution in [3.8, 4) is 11.5 Å². The van der Waals surface area contributed by atoms with Crippen molar-refractivity contribution in [2.45, 2.75) is 19.1 Å².